The van der Waals surface area contributed by atoms with Crippen LogP contribution in [-0.4, -0.2) is 12.2 Å². The number of hydrogen-bond acceptors (Lipinski definition) is 2. The zero-order valence-electron chi connectivity index (χ0n) is 11.3. The summed E-state index contributed by atoms with van der Waals surface area (Å²) in [5.74, 6) is 0.158. The number of ether oxygens (including phenoxy) is 1. The topological polar surface area (TPSA) is 29.5 Å². The Hall–Kier alpha value is -1.87. The minimum Gasteiger partial charge on any atom is -0.496 e. The molecule has 0 saturated carbocycles. The highest BCUT2D eigenvalue weighted by molar-refractivity contribution is 5.44. The fourth-order valence-electron chi connectivity index (χ4n) is 2.32. The predicted molar refractivity (Wildman–Crippen MR) is 72.9 cm³/mol. The summed E-state index contributed by atoms with van der Waals surface area (Å²) in [5.41, 5.74) is 2.44. The molecule has 0 aliphatic heterocycles. The summed E-state index contributed by atoms with van der Waals surface area (Å²) in [6.07, 6.45) is -1.03. The van der Waals surface area contributed by atoms with Crippen molar-refractivity contribution >= 4 is 0 Å². The maximum atomic E-state index is 14.1. The summed E-state index contributed by atoms with van der Waals surface area (Å²) >= 11 is 0. The van der Waals surface area contributed by atoms with E-state index in [1.54, 1.807) is 25.1 Å². The number of aliphatic hydroxyl groups excluding tert-OH is 1. The lowest BCUT2D eigenvalue weighted by atomic mass is 9.95. The van der Waals surface area contributed by atoms with E-state index in [1.807, 2.05) is 19.1 Å². The lowest BCUT2D eigenvalue weighted by Crippen LogP contribution is -2.07. The Morgan fingerprint density at radius 3 is 2.47 bits per heavy atom. The molecule has 1 N–H and O–H groups in total. The normalized spacial score (nSPS) is 12.3. The molecule has 0 saturated heterocycles. The Labute approximate surface area is 112 Å². The number of methoxy groups -OCH3 is 1. The highest BCUT2D eigenvalue weighted by atomic mass is 19.1. The molecule has 100 valence electrons. The van der Waals surface area contributed by atoms with Crippen molar-refractivity contribution in [2.75, 3.05) is 7.11 Å². The van der Waals surface area contributed by atoms with Crippen molar-refractivity contribution in [3.05, 3.63) is 64.5 Å². The second-order valence-electron chi connectivity index (χ2n) is 4.62. The van der Waals surface area contributed by atoms with Crippen LogP contribution in [0.15, 0.2) is 36.4 Å². The molecule has 0 spiro atoms. The molecule has 2 aromatic carbocycles. The van der Waals surface area contributed by atoms with Crippen LogP contribution in [0.4, 0.5) is 4.39 Å². The van der Waals surface area contributed by atoms with Crippen molar-refractivity contribution < 1.29 is 14.2 Å². The Morgan fingerprint density at radius 1 is 1.16 bits per heavy atom. The van der Waals surface area contributed by atoms with Crippen LogP contribution in [-0.2, 0) is 0 Å². The maximum Gasteiger partial charge on any atom is 0.129 e. The summed E-state index contributed by atoms with van der Waals surface area (Å²) < 4.78 is 19.3. The first-order chi connectivity index (χ1) is 9.04. The Kier molecular flexibility index (Phi) is 3.86. The monoisotopic (exact) mass is 260 g/mol. The van der Waals surface area contributed by atoms with Crippen LogP contribution in [0.3, 0.4) is 0 Å². The van der Waals surface area contributed by atoms with Crippen LogP contribution in [0.2, 0.25) is 0 Å². The van der Waals surface area contributed by atoms with Gasteiger partial charge in [-0.1, -0.05) is 24.3 Å². The summed E-state index contributed by atoms with van der Waals surface area (Å²) in [5, 5.41) is 10.4. The van der Waals surface area contributed by atoms with E-state index in [0.29, 0.717) is 16.9 Å². The minimum absolute atomic E-state index is 0.301. The van der Waals surface area contributed by atoms with Crippen LogP contribution in [0, 0.1) is 19.7 Å². The Balaban J connectivity index is 2.53. The quantitative estimate of drug-likeness (QED) is 0.914. The zero-order valence-corrected chi connectivity index (χ0v) is 11.3. The third-order valence-corrected chi connectivity index (χ3v) is 3.19. The van der Waals surface area contributed by atoms with Crippen molar-refractivity contribution in [3.63, 3.8) is 0 Å². The Bertz CT molecular complexity index is 570. The molecular weight excluding hydrogens is 243 g/mol. The molecule has 2 rings (SSSR count). The first-order valence-corrected chi connectivity index (χ1v) is 6.12. The highest BCUT2D eigenvalue weighted by Gasteiger charge is 2.20. The van der Waals surface area contributed by atoms with Gasteiger partial charge in [-0.3, -0.25) is 0 Å². The maximum absolute atomic E-state index is 14.1. The number of hydrogen-bond donors (Lipinski definition) is 1. The second kappa shape index (κ2) is 5.41. The van der Waals surface area contributed by atoms with Crippen LogP contribution < -0.4 is 4.74 Å². The third-order valence-electron chi connectivity index (χ3n) is 3.19. The third kappa shape index (κ3) is 2.61. The lowest BCUT2D eigenvalue weighted by molar-refractivity contribution is 0.209. The highest BCUT2D eigenvalue weighted by Crippen LogP contribution is 2.33. The summed E-state index contributed by atoms with van der Waals surface area (Å²) in [6.45, 7) is 3.62. The van der Waals surface area contributed by atoms with Crippen molar-refractivity contribution in [2.45, 2.75) is 20.0 Å². The Morgan fingerprint density at radius 2 is 1.84 bits per heavy atom. The van der Waals surface area contributed by atoms with Gasteiger partial charge in [-0.15, -0.1) is 0 Å². The van der Waals surface area contributed by atoms with E-state index in [1.165, 1.54) is 13.2 Å². The molecule has 0 aliphatic carbocycles. The molecule has 0 radical (unpaired) electrons. The SMILES string of the molecule is COc1ccccc1C(O)c1c(C)cc(C)cc1F. The molecule has 0 aromatic heterocycles. The van der Waals surface area contributed by atoms with E-state index >= 15 is 0 Å². The van der Waals surface area contributed by atoms with Gasteiger partial charge in [0.1, 0.15) is 17.7 Å². The fourth-order valence-corrected chi connectivity index (χ4v) is 2.32. The molecule has 0 bridgehead atoms. The van der Waals surface area contributed by atoms with E-state index < -0.39 is 11.9 Å². The zero-order chi connectivity index (χ0) is 14.0. The van der Waals surface area contributed by atoms with Gasteiger partial charge in [0, 0.05) is 11.1 Å². The summed E-state index contributed by atoms with van der Waals surface area (Å²) in [7, 11) is 1.53. The van der Waals surface area contributed by atoms with Crippen molar-refractivity contribution in [1.82, 2.24) is 0 Å². The lowest BCUT2D eigenvalue weighted by Gasteiger charge is -2.18. The van der Waals surface area contributed by atoms with Crippen molar-refractivity contribution in [1.29, 1.82) is 0 Å². The molecule has 2 nitrogen and oxygen atoms in total. The molecule has 0 amide bonds. The van der Waals surface area contributed by atoms with Crippen LogP contribution in [0.25, 0.3) is 0 Å². The largest absolute Gasteiger partial charge is 0.496 e. The van der Waals surface area contributed by atoms with E-state index in [9.17, 15) is 9.50 Å². The van der Waals surface area contributed by atoms with E-state index in [-0.39, 0.29) is 0 Å². The second-order valence-corrected chi connectivity index (χ2v) is 4.62. The van der Waals surface area contributed by atoms with E-state index in [4.69, 9.17) is 4.74 Å². The van der Waals surface area contributed by atoms with Gasteiger partial charge in [0.2, 0.25) is 0 Å². The van der Waals surface area contributed by atoms with Gasteiger partial charge in [-0.25, -0.2) is 4.39 Å². The number of aliphatic hydroxyl groups is 1. The average Bonchev–Trinajstić information content (AvgIpc) is 2.37. The fraction of sp³-hybridized carbons (Fsp3) is 0.250. The number of halogens is 1. The van der Waals surface area contributed by atoms with Gasteiger partial charge in [-0.2, -0.15) is 0 Å². The number of para-hydroxylation sites is 1. The molecule has 0 aliphatic rings. The molecule has 3 heteroatoms. The smallest absolute Gasteiger partial charge is 0.129 e. The summed E-state index contributed by atoms with van der Waals surface area (Å²) in [4.78, 5) is 0. The molecule has 1 atom stereocenters. The van der Waals surface area contributed by atoms with Crippen LogP contribution in [0.5, 0.6) is 5.75 Å². The van der Waals surface area contributed by atoms with Gasteiger partial charge in [0.15, 0.2) is 0 Å². The molecule has 19 heavy (non-hydrogen) atoms. The number of aryl methyl sites for hydroxylation is 2. The molecular formula is C16H17FO2. The van der Waals surface area contributed by atoms with Crippen LogP contribution >= 0.6 is 0 Å². The van der Waals surface area contributed by atoms with Gasteiger partial charge in [0.25, 0.3) is 0 Å². The number of rotatable bonds is 3. The van der Waals surface area contributed by atoms with Crippen LogP contribution in [0.1, 0.15) is 28.4 Å². The van der Waals surface area contributed by atoms with Gasteiger partial charge >= 0.3 is 0 Å². The molecule has 0 fully saturated rings. The standard InChI is InChI=1S/C16H17FO2/c1-10-8-11(2)15(13(17)9-10)16(18)12-6-4-5-7-14(12)19-3/h4-9,16,18H,1-3H3. The number of benzene rings is 2. The van der Waals surface area contributed by atoms with Crippen molar-refractivity contribution in [2.24, 2.45) is 0 Å². The average molecular weight is 260 g/mol. The van der Waals surface area contributed by atoms with E-state index in [0.717, 1.165) is 11.1 Å². The molecule has 2 aromatic rings. The first kappa shape index (κ1) is 13.6. The van der Waals surface area contributed by atoms with Crippen molar-refractivity contribution in [3.8, 4) is 5.75 Å². The minimum atomic E-state index is -1.03. The van der Waals surface area contributed by atoms with Gasteiger partial charge < -0.3 is 9.84 Å². The first-order valence-electron chi connectivity index (χ1n) is 6.12. The summed E-state index contributed by atoms with van der Waals surface area (Å²) in [6, 6.07) is 10.4. The van der Waals surface area contributed by atoms with Gasteiger partial charge in [-0.05, 0) is 37.1 Å². The van der Waals surface area contributed by atoms with Gasteiger partial charge in [0.05, 0.1) is 7.11 Å². The predicted octanol–water partition coefficient (Wildman–Crippen LogP) is 3.53. The molecule has 1 unspecified atom stereocenters. The molecule has 0 heterocycles. The van der Waals surface area contributed by atoms with E-state index in [2.05, 4.69) is 0 Å².